The molecule has 2 N–H and O–H groups in total. The van der Waals surface area contributed by atoms with Gasteiger partial charge in [-0.1, -0.05) is 24.3 Å². The summed E-state index contributed by atoms with van der Waals surface area (Å²) in [6.07, 6.45) is 1.91. The van der Waals surface area contributed by atoms with Crippen LogP contribution in [-0.4, -0.2) is 18.4 Å². The number of rotatable bonds is 6. The van der Waals surface area contributed by atoms with E-state index in [2.05, 4.69) is 10.6 Å². The number of amides is 2. The molecule has 0 atom stereocenters. The van der Waals surface area contributed by atoms with Crippen LogP contribution in [0.15, 0.2) is 48.5 Å². The molecule has 24 heavy (non-hydrogen) atoms. The quantitative estimate of drug-likeness (QED) is 0.856. The van der Waals surface area contributed by atoms with Crippen LogP contribution in [0.3, 0.4) is 0 Å². The van der Waals surface area contributed by atoms with Gasteiger partial charge in [0.25, 0.3) is 5.91 Å². The largest absolute Gasteiger partial charge is 0.484 e. The van der Waals surface area contributed by atoms with E-state index in [4.69, 9.17) is 4.74 Å². The molecule has 0 bridgehead atoms. The van der Waals surface area contributed by atoms with Gasteiger partial charge in [0, 0.05) is 17.3 Å². The van der Waals surface area contributed by atoms with Crippen molar-refractivity contribution in [2.45, 2.75) is 19.8 Å². The van der Waals surface area contributed by atoms with Crippen molar-refractivity contribution in [1.82, 2.24) is 0 Å². The average Bonchev–Trinajstić information content (AvgIpc) is 3.42. The number of para-hydroxylation sites is 1. The van der Waals surface area contributed by atoms with Crippen molar-refractivity contribution < 1.29 is 14.3 Å². The minimum atomic E-state index is -0.243. The average molecular weight is 324 g/mol. The molecule has 1 saturated carbocycles. The van der Waals surface area contributed by atoms with Crippen LogP contribution >= 0.6 is 0 Å². The van der Waals surface area contributed by atoms with Crippen molar-refractivity contribution in [3.8, 4) is 5.75 Å². The van der Waals surface area contributed by atoms with Gasteiger partial charge in [0.2, 0.25) is 5.91 Å². The normalized spacial score (nSPS) is 13.2. The summed E-state index contributed by atoms with van der Waals surface area (Å²) in [4.78, 5) is 23.9. The van der Waals surface area contributed by atoms with E-state index in [9.17, 15) is 9.59 Å². The first-order chi connectivity index (χ1) is 11.6. The standard InChI is InChI=1S/C19H20N2O3/c1-13-7-10-15(20-19(23)14-8-9-14)11-17(13)21-18(22)12-24-16-5-3-2-4-6-16/h2-7,10-11,14H,8-9,12H2,1H3,(H,20,23)(H,21,22). The van der Waals surface area contributed by atoms with E-state index in [1.807, 2.05) is 37.3 Å². The number of aryl methyl sites for hydroxylation is 1. The summed E-state index contributed by atoms with van der Waals surface area (Å²) in [6.45, 7) is 1.84. The SMILES string of the molecule is Cc1ccc(NC(=O)C2CC2)cc1NC(=O)COc1ccccc1. The highest BCUT2D eigenvalue weighted by molar-refractivity contribution is 5.96. The fourth-order valence-corrected chi connectivity index (χ4v) is 2.28. The molecule has 124 valence electrons. The first-order valence-corrected chi connectivity index (χ1v) is 8.01. The summed E-state index contributed by atoms with van der Waals surface area (Å²) in [7, 11) is 0. The lowest BCUT2D eigenvalue weighted by atomic mass is 10.1. The summed E-state index contributed by atoms with van der Waals surface area (Å²) in [5, 5.41) is 5.70. The van der Waals surface area contributed by atoms with Gasteiger partial charge in [-0.2, -0.15) is 0 Å². The van der Waals surface area contributed by atoms with Gasteiger partial charge in [0.15, 0.2) is 6.61 Å². The molecule has 0 unspecified atom stereocenters. The van der Waals surface area contributed by atoms with Gasteiger partial charge < -0.3 is 15.4 Å². The molecule has 2 amide bonds. The Kier molecular flexibility index (Phi) is 4.79. The Morgan fingerprint density at radius 2 is 1.83 bits per heavy atom. The van der Waals surface area contributed by atoms with E-state index in [0.717, 1.165) is 18.4 Å². The molecule has 1 fully saturated rings. The first-order valence-electron chi connectivity index (χ1n) is 8.01. The Hall–Kier alpha value is -2.82. The van der Waals surface area contributed by atoms with Crippen LogP contribution in [0.1, 0.15) is 18.4 Å². The van der Waals surface area contributed by atoms with E-state index in [0.29, 0.717) is 17.1 Å². The maximum atomic E-state index is 12.1. The third-order valence-corrected chi connectivity index (χ3v) is 3.84. The zero-order chi connectivity index (χ0) is 16.9. The maximum Gasteiger partial charge on any atom is 0.262 e. The predicted octanol–water partition coefficient (Wildman–Crippen LogP) is 3.36. The molecule has 3 rings (SSSR count). The predicted molar refractivity (Wildman–Crippen MR) is 93.1 cm³/mol. The zero-order valence-corrected chi connectivity index (χ0v) is 13.5. The van der Waals surface area contributed by atoms with Crippen LogP contribution in [0.2, 0.25) is 0 Å². The van der Waals surface area contributed by atoms with E-state index >= 15 is 0 Å². The number of hydrogen-bond donors (Lipinski definition) is 2. The van der Waals surface area contributed by atoms with Crippen LogP contribution in [0.5, 0.6) is 5.75 Å². The van der Waals surface area contributed by atoms with Crippen LogP contribution in [-0.2, 0) is 9.59 Å². The lowest BCUT2D eigenvalue weighted by Gasteiger charge is -2.12. The highest BCUT2D eigenvalue weighted by atomic mass is 16.5. The number of ether oxygens (including phenoxy) is 1. The van der Waals surface area contributed by atoms with Gasteiger partial charge in [-0.25, -0.2) is 0 Å². The monoisotopic (exact) mass is 324 g/mol. The van der Waals surface area contributed by atoms with E-state index in [1.54, 1.807) is 18.2 Å². The zero-order valence-electron chi connectivity index (χ0n) is 13.5. The highest BCUT2D eigenvalue weighted by Crippen LogP contribution is 2.30. The van der Waals surface area contributed by atoms with E-state index in [1.165, 1.54) is 0 Å². The van der Waals surface area contributed by atoms with Crippen molar-refractivity contribution in [2.75, 3.05) is 17.2 Å². The van der Waals surface area contributed by atoms with Crippen LogP contribution in [0.25, 0.3) is 0 Å². The van der Waals surface area contributed by atoms with E-state index in [-0.39, 0.29) is 24.3 Å². The van der Waals surface area contributed by atoms with Gasteiger partial charge >= 0.3 is 0 Å². The number of hydrogen-bond acceptors (Lipinski definition) is 3. The van der Waals surface area contributed by atoms with Gasteiger partial charge in [-0.05, 0) is 49.6 Å². The number of nitrogens with one attached hydrogen (secondary N) is 2. The molecule has 2 aromatic carbocycles. The van der Waals surface area contributed by atoms with Crippen molar-refractivity contribution in [1.29, 1.82) is 0 Å². The van der Waals surface area contributed by atoms with Gasteiger partial charge in [-0.3, -0.25) is 9.59 Å². The summed E-state index contributed by atoms with van der Waals surface area (Å²) >= 11 is 0. The molecular weight excluding hydrogens is 304 g/mol. The fraction of sp³-hybridized carbons (Fsp3) is 0.263. The fourth-order valence-electron chi connectivity index (χ4n) is 2.28. The Morgan fingerprint density at radius 3 is 2.54 bits per heavy atom. The lowest BCUT2D eigenvalue weighted by Crippen LogP contribution is -2.21. The van der Waals surface area contributed by atoms with Crippen molar-refractivity contribution >= 4 is 23.2 Å². The third kappa shape index (κ3) is 4.35. The van der Waals surface area contributed by atoms with Crippen LogP contribution in [0, 0.1) is 12.8 Å². The second-order valence-corrected chi connectivity index (χ2v) is 5.94. The summed E-state index contributed by atoms with van der Waals surface area (Å²) < 4.78 is 5.43. The lowest BCUT2D eigenvalue weighted by molar-refractivity contribution is -0.118. The molecule has 0 aromatic heterocycles. The maximum absolute atomic E-state index is 12.1. The van der Waals surface area contributed by atoms with Gasteiger partial charge in [0.05, 0.1) is 0 Å². The smallest absolute Gasteiger partial charge is 0.262 e. The summed E-state index contributed by atoms with van der Waals surface area (Å²) in [5.41, 5.74) is 2.29. The minimum Gasteiger partial charge on any atom is -0.484 e. The highest BCUT2D eigenvalue weighted by Gasteiger charge is 2.29. The Labute approximate surface area is 141 Å². The number of benzene rings is 2. The minimum absolute atomic E-state index is 0.0449. The second kappa shape index (κ2) is 7.17. The van der Waals surface area contributed by atoms with Crippen LogP contribution < -0.4 is 15.4 Å². The molecule has 1 aliphatic carbocycles. The molecule has 0 radical (unpaired) electrons. The van der Waals surface area contributed by atoms with Crippen molar-refractivity contribution in [3.63, 3.8) is 0 Å². The Morgan fingerprint density at radius 1 is 1.08 bits per heavy atom. The van der Waals surface area contributed by atoms with Crippen LogP contribution in [0.4, 0.5) is 11.4 Å². The molecular formula is C19H20N2O3. The molecule has 2 aromatic rings. The van der Waals surface area contributed by atoms with E-state index < -0.39 is 0 Å². The molecule has 0 heterocycles. The number of anilines is 2. The second-order valence-electron chi connectivity index (χ2n) is 5.94. The first kappa shape index (κ1) is 16.1. The molecule has 5 nitrogen and oxygen atoms in total. The Bertz CT molecular complexity index is 740. The molecule has 0 saturated heterocycles. The van der Waals surface area contributed by atoms with Gasteiger partial charge in [-0.15, -0.1) is 0 Å². The number of carbonyl (C=O) groups is 2. The van der Waals surface area contributed by atoms with Crippen molar-refractivity contribution in [2.24, 2.45) is 5.92 Å². The third-order valence-electron chi connectivity index (χ3n) is 3.84. The summed E-state index contributed by atoms with van der Waals surface area (Å²) in [5.74, 6) is 0.592. The van der Waals surface area contributed by atoms with Gasteiger partial charge in [0.1, 0.15) is 5.75 Å². The molecule has 1 aliphatic rings. The number of carbonyl (C=O) groups excluding carboxylic acids is 2. The molecule has 0 spiro atoms. The van der Waals surface area contributed by atoms with Crippen molar-refractivity contribution in [3.05, 3.63) is 54.1 Å². The summed E-state index contributed by atoms with van der Waals surface area (Å²) in [6, 6.07) is 14.7. The topological polar surface area (TPSA) is 67.4 Å². The molecule has 0 aliphatic heterocycles. The molecule has 5 heteroatoms. The Balaban J connectivity index is 1.58.